The average Bonchev–Trinajstić information content (AvgIpc) is 2.94. The van der Waals surface area contributed by atoms with Crippen LogP contribution in [0.3, 0.4) is 0 Å². The molecule has 7 nitrogen and oxygen atoms in total. The van der Waals surface area contributed by atoms with Crippen LogP contribution in [0.5, 0.6) is 5.75 Å². The van der Waals surface area contributed by atoms with Crippen LogP contribution in [-0.4, -0.2) is 27.8 Å². The van der Waals surface area contributed by atoms with Crippen molar-refractivity contribution < 1.29 is 13.9 Å². The van der Waals surface area contributed by atoms with Crippen LogP contribution in [-0.2, 0) is 11.3 Å². The molecule has 1 amide bonds. The Hall–Kier alpha value is -3.07. The van der Waals surface area contributed by atoms with E-state index >= 15 is 0 Å². The van der Waals surface area contributed by atoms with Crippen LogP contribution in [0.2, 0.25) is 0 Å². The molecule has 9 heteroatoms. The van der Waals surface area contributed by atoms with Gasteiger partial charge in [0, 0.05) is 22.6 Å². The number of anilines is 1. The Kier molecular flexibility index (Phi) is 5.31. The van der Waals surface area contributed by atoms with E-state index < -0.39 is 17.3 Å². The first kappa shape index (κ1) is 18.7. The Morgan fingerprint density at radius 3 is 2.70 bits per heavy atom. The topological polar surface area (TPSA) is 86.1 Å². The quantitative estimate of drug-likeness (QED) is 0.726. The maximum absolute atomic E-state index is 14.3. The van der Waals surface area contributed by atoms with Crippen molar-refractivity contribution >= 4 is 22.4 Å². The van der Waals surface area contributed by atoms with Crippen molar-refractivity contribution in [1.29, 1.82) is 0 Å². The predicted molar refractivity (Wildman–Crippen MR) is 101 cm³/mol. The van der Waals surface area contributed by atoms with Crippen molar-refractivity contribution in [3.63, 3.8) is 0 Å². The summed E-state index contributed by atoms with van der Waals surface area (Å²) in [6, 6.07) is 6.99. The van der Waals surface area contributed by atoms with Gasteiger partial charge in [0.15, 0.2) is 5.13 Å². The summed E-state index contributed by atoms with van der Waals surface area (Å²) in [5.41, 5.74) is 0.816. The lowest BCUT2D eigenvalue weighted by molar-refractivity contribution is -0.117. The second-order valence-electron chi connectivity index (χ2n) is 5.77. The lowest BCUT2D eigenvalue weighted by atomic mass is 10.1. The largest absolute Gasteiger partial charge is 0.497 e. The summed E-state index contributed by atoms with van der Waals surface area (Å²) in [7, 11) is 1.44. The molecule has 0 saturated heterocycles. The van der Waals surface area contributed by atoms with E-state index in [0.29, 0.717) is 10.9 Å². The summed E-state index contributed by atoms with van der Waals surface area (Å²) >= 11 is 1.35. The fourth-order valence-electron chi connectivity index (χ4n) is 2.36. The maximum atomic E-state index is 14.3. The third-order valence-corrected chi connectivity index (χ3v) is 4.88. The van der Waals surface area contributed by atoms with Gasteiger partial charge < -0.3 is 10.1 Å². The van der Waals surface area contributed by atoms with E-state index in [1.807, 2.05) is 13.8 Å². The van der Waals surface area contributed by atoms with E-state index in [9.17, 15) is 14.0 Å². The third kappa shape index (κ3) is 4.20. The van der Waals surface area contributed by atoms with Crippen LogP contribution in [0.15, 0.2) is 35.1 Å². The van der Waals surface area contributed by atoms with E-state index in [0.717, 1.165) is 15.3 Å². The Balaban J connectivity index is 1.83. The fourth-order valence-corrected chi connectivity index (χ4v) is 3.19. The van der Waals surface area contributed by atoms with Gasteiger partial charge in [0.2, 0.25) is 5.91 Å². The molecule has 2 aromatic heterocycles. The number of hydrogen-bond acceptors (Lipinski definition) is 6. The van der Waals surface area contributed by atoms with Crippen LogP contribution in [0.4, 0.5) is 9.52 Å². The van der Waals surface area contributed by atoms with E-state index in [1.54, 1.807) is 6.07 Å². The van der Waals surface area contributed by atoms with Crippen molar-refractivity contribution in [2.24, 2.45) is 0 Å². The summed E-state index contributed by atoms with van der Waals surface area (Å²) in [5, 5.41) is 7.21. The number of halogens is 1. The zero-order valence-corrected chi connectivity index (χ0v) is 15.8. The number of benzene rings is 1. The molecule has 0 spiro atoms. The number of nitrogens with zero attached hydrogens (tertiary/aromatic N) is 3. The van der Waals surface area contributed by atoms with Gasteiger partial charge in [-0.05, 0) is 32.0 Å². The highest BCUT2D eigenvalue weighted by Gasteiger charge is 2.13. The van der Waals surface area contributed by atoms with Crippen molar-refractivity contribution in [2.75, 3.05) is 12.4 Å². The van der Waals surface area contributed by atoms with E-state index in [4.69, 9.17) is 4.74 Å². The molecule has 3 rings (SSSR count). The molecule has 0 bridgehead atoms. The molecule has 1 N–H and O–H groups in total. The smallest absolute Gasteiger partial charge is 0.267 e. The van der Waals surface area contributed by atoms with Gasteiger partial charge in [-0.15, -0.1) is 11.3 Å². The molecule has 2 heterocycles. The molecular formula is C18H17FN4O3S. The lowest BCUT2D eigenvalue weighted by Gasteiger charge is -2.08. The molecule has 0 radical (unpaired) electrons. The van der Waals surface area contributed by atoms with Gasteiger partial charge in [-0.3, -0.25) is 9.59 Å². The fraction of sp³-hybridized carbons (Fsp3) is 0.222. The molecule has 0 unspecified atom stereocenters. The molecule has 0 saturated carbocycles. The zero-order valence-electron chi connectivity index (χ0n) is 14.9. The number of carbonyl (C=O) groups excluding carboxylic acids is 1. The van der Waals surface area contributed by atoms with Gasteiger partial charge in [-0.1, -0.05) is 0 Å². The van der Waals surface area contributed by atoms with Gasteiger partial charge in [-0.2, -0.15) is 5.10 Å². The second-order valence-corrected chi connectivity index (χ2v) is 6.97. The van der Waals surface area contributed by atoms with Crippen molar-refractivity contribution in [3.05, 3.63) is 57.1 Å². The number of methoxy groups -OCH3 is 1. The second kappa shape index (κ2) is 7.67. The summed E-state index contributed by atoms with van der Waals surface area (Å²) in [4.78, 5) is 29.5. The number of aromatic nitrogens is 3. The minimum absolute atomic E-state index is 0.205. The molecule has 0 aliphatic carbocycles. The number of carbonyl (C=O) groups is 1. The Labute approximate surface area is 158 Å². The Morgan fingerprint density at radius 1 is 1.30 bits per heavy atom. The SMILES string of the molecule is COc1ccc(-c2ccc(=O)n(CC(=O)Nc3nc(C)c(C)s3)n2)c(F)c1. The van der Waals surface area contributed by atoms with Crippen LogP contribution >= 0.6 is 11.3 Å². The monoisotopic (exact) mass is 388 g/mol. The lowest BCUT2D eigenvalue weighted by Crippen LogP contribution is -2.29. The molecule has 27 heavy (non-hydrogen) atoms. The standard InChI is InChI=1S/C18H17FN4O3S/c1-10-11(2)27-18(20-10)21-16(24)9-23-17(25)7-6-15(22-23)13-5-4-12(26-3)8-14(13)19/h4-8H,9H2,1-3H3,(H,20,21,24). The van der Waals surface area contributed by atoms with Crippen molar-refractivity contribution in [2.45, 2.75) is 20.4 Å². The third-order valence-electron chi connectivity index (χ3n) is 3.89. The number of nitrogens with one attached hydrogen (secondary N) is 1. The van der Waals surface area contributed by atoms with Gasteiger partial charge in [-0.25, -0.2) is 14.1 Å². The first-order chi connectivity index (χ1) is 12.9. The number of ether oxygens (including phenoxy) is 1. The Morgan fingerprint density at radius 2 is 2.07 bits per heavy atom. The van der Waals surface area contributed by atoms with E-state index in [1.165, 1.54) is 42.7 Å². The predicted octanol–water partition coefficient (Wildman–Crippen LogP) is 2.77. The maximum Gasteiger partial charge on any atom is 0.267 e. The molecule has 0 aliphatic rings. The number of aryl methyl sites for hydroxylation is 2. The number of thiazole rings is 1. The molecule has 0 atom stereocenters. The molecule has 140 valence electrons. The van der Waals surface area contributed by atoms with Crippen molar-refractivity contribution in [3.8, 4) is 17.0 Å². The summed E-state index contributed by atoms with van der Waals surface area (Å²) in [6.07, 6.45) is 0. The summed E-state index contributed by atoms with van der Waals surface area (Å²) in [5.74, 6) is -0.603. The normalized spacial score (nSPS) is 10.7. The minimum atomic E-state index is -0.537. The molecular weight excluding hydrogens is 371 g/mol. The highest BCUT2D eigenvalue weighted by Crippen LogP contribution is 2.24. The molecule has 0 fully saturated rings. The number of amides is 1. The van der Waals surface area contributed by atoms with Crippen molar-refractivity contribution in [1.82, 2.24) is 14.8 Å². The van der Waals surface area contributed by atoms with Gasteiger partial charge >= 0.3 is 0 Å². The molecule has 3 aromatic rings. The van der Waals surface area contributed by atoms with Crippen LogP contribution in [0.1, 0.15) is 10.6 Å². The van der Waals surface area contributed by atoms with Gasteiger partial charge in [0.05, 0.1) is 18.5 Å². The summed E-state index contributed by atoms with van der Waals surface area (Å²) in [6.45, 7) is 3.45. The Bertz CT molecular complexity index is 1040. The van der Waals surface area contributed by atoms with Crippen LogP contribution in [0.25, 0.3) is 11.3 Å². The minimum Gasteiger partial charge on any atom is -0.497 e. The average molecular weight is 388 g/mol. The highest BCUT2D eigenvalue weighted by molar-refractivity contribution is 7.15. The van der Waals surface area contributed by atoms with E-state index in [-0.39, 0.29) is 17.8 Å². The number of rotatable bonds is 5. The highest BCUT2D eigenvalue weighted by atomic mass is 32.1. The molecule has 1 aromatic carbocycles. The zero-order chi connectivity index (χ0) is 19.6. The number of hydrogen-bond donors (Lipinski definition) is 1. The van der Waals surface area contributed by atoms with Gasteiger partial charge in [0.25, 0.3) is 5.56 Å². The summed E-state index contributed by atoms with van der Waals surface area (Å²) < 4.78 is 20.2. The first-order valence-electron chi connectivity index (χ1n) is 8.03. The van der Waals surface area contributed by atoms with E-state index in [2.05, 4.69) is 15.4 Å². The van der Waals surface area contributed by atoms with Gasteiger partial charge in [0.1, 0.15) is 18.1 Å². The molecule has 0 aliphatic heterocycles. The van der Waals surface area contributed by atoms with Crippen LogP contribution in [0, 0.1) is 19.7 Å². The first-order valence-corrected chi connectivity index (χ1v) is 8.85. The van der Waals surface area contributed by atoms with Crippen LogP contribution < -0.4 is 15.6 Å².